The summed E-state index contributed by atoms with van der Waals surface area (Å²) in [6.45, 7) is 0.424. The number of nitriles is 1. The third-order valence-electron chi connectivity index (χ3n) is 2.98. The Labute approximate surface area is 136 Å². The monoisotopic (exact) mass is 362 g/mol. The van der Waals surface area contributed by atoms with Gasteiger partial charge in [-0.1, -0.05) is 23.7 Å². The molecule has 2 aromatic carbocycles. The number of rotatable bonds is 3. The van der Waals surface area contributed by atoms with Gasteiger partial charge in [-0.25, -0.2) is 0 Å². The fraction of sp³-hybridized carbons (Fsp3) is 0.125. The van der Waals surface area contributed by atoms with Crippen molar-refractivity contribution < 1.29 is 4.79 Å². The highest BCUT2D eigenvalue weighted by Crippen LogP contribution is 2.23. The van der Waals surface area contributed by atoms with E-state index in [0.717, 1.165) is 5.56 Å². The summed E-state index contributed by atoms with van der Waals surface area (Å²) < 4.78 is 0.703. The fourth-order valence-electron chi connectivity index (χ4n) is 1.95. The molecule has 0 spiro atoms. The molecule has 2 aromatic rings. The molecule has 1 amide bonds. The van der Waals surface area contributed by atoms with Crippen LogP contribution in [0.25, 0.3) is 0 Å². The Morgan fingerprint density at radius 2 is 2.10 bits per heavy atom. The highest BCUT2D eigenvalue weighted by Gasteiger charge is 2.15. The van der Waals surface area contributed by atoms with Gasteiger partial charge in [-0.05, 0) is 51.8 Å². The van der Waals surface area contributed by atoms with Gasteiger partial charge in [0.05, 0.1) is 17.2 Å². The first-order valence-corrected chi connectivity index (χ1v) is 7.38. The molecule has 5 heteroatoms. The van der Waals surface area contributed by atoms with Gasteiger partial charge in [-0.2, -0.15) is 5.26 Å². The van der Waals surface area contributed by atoms with Gasteiger partial charge in [0.1, 0.15) is 0 Å². The van der Waals surface area contributed by atoms with Gasteiger partial charge in [-0.15, -0.1) is 0 Å². The van der Waals surface area contributed by atoms with Crippen molar-refractivity contribution in [2.24, 2.45) is 0 Å². The van der Waals surface area contributed by atoms with E-state index in [1.807, 2.05) is 12.1 Å². The summed E-state index contributed by atoms with van der Waals surface area (Å²) in [6.07, 6.45) is 0. The molecule has 0 aliphatic carbocycles. The highest BCUT2D eigenvalue weighted by molar-refractivity contribution is 9.10. The van der Waals surface area contributed by atoms with Crippen LogP contribution in [0.15, 0.2) is 46.9 Å². The van der Waals surface area contributed by atoms with Crippen LogP contribution in [-0.4, -0.2) is 17.9 Å². The molecular weight excluding hydrogens is 352 g/mol. The summed E-state index contributed by atoms with van der Waals surface area (Å²) in [5.41, 5.74) is 2.00. The maximum Gasteiger partial charge on any atom is 0.255 e. The highest BCUT2D eigenvalue weighted by atomic mass is 79.9. The average molecular weight is 364 g/mol. The van der Waals surface area contributed by atoms with Crippen molar-refractivity contribution in [1.82, 2.24) is 4.90 Å². The molecular formula is C16H12BrClN2O. The number of nitrogens with zero attached hydrogens (tertiary/aromatic N) is 2. The molecule has 0 atom stereocenters. The Balaban J connectivity index is 2.19. The molecule has 0 unspecified atom stereocenters. The van der Waals surface area contributed by atoms with E-state index < -0.39 is 0 Å². The first-order valence-electron chi connectivity index (χ1n) is 6.21. The van der Waals surface area contributed by atoms with E-state index in [4.69, 9.17) is 16.9 Å². The van der Waals surface area contributed by atoms with Crippen LogP contribution in [0.3, 0.4) is 0 Å². The molecule has 106 valence electrons. The van der Waals surface area contributed by atoms with Gasteiger partial charge in [0.2, 0.25) is 0 Å². The second kappa shape index (κ2) is 6.75. The van der Waals surface area contributed by atoms with Crippen molar-refractivity contribution in [2.75, 3.05) is 7.05 Å². The van der Waals surface area contributed by atoms with Crippen molar-refractivity contribution >= 4 is 33.4 Å². The average Bonchev–Trinajstić information content (AvgIpc) is 2.49. The smallest absolute Gasteiger partial charge is 0.255 e. The van der Waals surface area contributed by atoms with Crippen molar-refractivity contribution in [3.05, 3.63) is 68.7 Å². The lowest BCUT2D eigenvalue weighted by Crippen LogP contribution is -2.26. The van der Waals surface area contributed by atoms with E-state index in [9.17, 15) is 4.79 Å². The predicted octanol–water partition coefficient (Wildman–Crippen LogP) is 4.25. The summed E-state index contributed by atoms with van der Waals surface area (Å²) in [4.78, 5) is 14.0. The van der Waals surface area contributed by atoms with Crippen molar-refractivity contribution in [1.29, 1.82) is 5.26 Å². The molecule has 0 N–H and O–H groups in total. The van der Waals surface area contributed by atoms with Crippen LogP contribution in [0, 0.1) is 11.3 Å². The Kier molecular flexibility index (Phi) is 5.00. The maximum atomic E-state index is 12.4. The van der Waals surface area contributed by atoms with Crippen molar-refractivity contribution in [3.63, 3.8) is 0 Å². The molecule has 0 bridgehead atoms. The molecule has 0 aliphatic rings. The van der Waals surface area contributed by atoms with Crippen molar-refractivity contribution in [2.45, 2.75) is 6.54 Å². The molecule has 0 heterocycles. The lowest BCUT2D eigenvalue weighted by Gasteiger charge is -2.18. The van der Waals surface area contributed by atoms with Gasteiger partial charge in [-0.3, -0.25) is 4.79 Å². The van der Waals surface area contributed by atoms with E-state index in [1.165, 1.54) is 0 Å². The van der Waals surface area contributed by atoms with E-state index in [1.54, 1.807) is 42.3 Å². The SMILES string of the molecule is CN(Cc1cccc(C#N)c1)C(=O)c1cc(Cl)ccc1Br. The van der Waals surface area contributed by atoms with E-state index >= 15 is 0 Å². The normalized spacial score (nSPS) is 10.0. The first kappa shape index (κ1) is 15.6. The van der Waals surface area contributed by atoms with Crippen LogP contribution in [0.2, 0.25) is 5.02 Å². The third kappa shape index (κ3) is 3.84. The van der Waals surface area contributed by atoms with Crippen LogP contribution in [0.1, 0.15) is 21.5 Å². The van der Waals surface area contributed by atoms with Crippen LogP contribution in [-0.2, 0) is 6.54 Å². The number of carbonyl (C=O) groups is 1. The number of amides is 1. The minimum Gasteiger partial charge on any atom is -0.337 e. The van der Waals surface area contributed by atoms with Gasteiger partial charge < -0.3 is 4.90 Å². The molecule has 0 saturated heterocycles. The number of carbonyl (C=O) groups excluding carboxylic acids is 1. The lowest BCUT2D eigenvalue weighted by molar-refractivity contribution is 0.0784. The summed E-state index contributed by atoms with van der Waals surface area (Å²) in [7, 11) is 1.72. The van der Waals surface area contributed by atoms with Crippen LogP contribution >= 0.6 is 27.5 Å². The Bertz CT molecular complexity index is 724. The number of hydrogen-bond donors (Lipinski definition) is 0. The van der Waals surface area contributed by atoms with Crippen LogP contribution < -0.4 is 0 Å². The largest absolute Gasteiger partial charge is 0.337 e. The Hall–Kier alpha value is -1.83. The minimum absolute atomic E-state index is 0.133. The van der Waals surface area contributed by atoms with E-state index in [2.05, 4.69) is 22.0 Å². The van der Waals surface area contributed by atoms with Crippen LogP contribution in [0.5, 0.6) is 0 Å². The first-order chi connectivity index (χ1) is 10.0. The quantitative estimate of drug-likeness (QED) is 0.818. The third-order valence-corrected chi connectivity index (χ3v) is 3.91. The second-order valence-corrected chi connectivity index (χ2v) is 5.89. The molecule has 2 rings (SSSR count). The minimum atomic E-state index is -0.133. The topological polar surface area (TPSA) is 44.1 Å². The molecule has 3 nitrogen and oxygen atoms in total. The number of hydrogen-bond acceptors (Lipinski definition) is 2. The summed E-state index contributed by atoms with van der Waals surface area (Å²) in [5, 5.41) is 9.41. The van der Waals surface area contributed by atoms with E-state index in [-0.39, 0.29) is 5.91 Å². The summed E-state index contributed by atoms with van der Waals surface area (Å²) in [6, 6.07) is 14.4. The van der Waals surface area contributed by atoms with Gasteiger partial charge in [0.15, 0.2) is 0 Å². The molecule has 0 radical (unpaired) electrons. The predicted molar refractivity (Wildman–Crippen MR) is 86.1 cm³/mol. The Morgan fingerprint density at radius 3 is 2.81 bits per heavy atom. The van der Waals surface area contributed by atoms with Gasteiger partial charge in [0, 0.05) is 23.1 Å². The van der Waals surface area contributed by atoms with Crippen LogP contribution in [0.4, 0.5) is 0 Å². The Morgan fingerprint density at radius 1 is 1.33 bits per heavy atom. The zero-order valence-corrected chi connectivity index (χ0v) is 13.6. The van der Waals surface area contributed by atoms with Gasteiger partial charge in [0.25, 0.3) is 5.91 Å². The van der Waals surface area contributed by atoms with E-state index in [0.29, 0.717) is 27.2 Å². The van der Waals surface area contributed by atoms with Gasteiger partial charge >= 0.3 is 0 Å². The molecule has 21 heavy (non-hydrogen) atoms. The number of halogens is 2. The number of benzene rings is 2. The molecule has 0 aromatic heterocycles. The standard InChI is InChI=1S/C16H12BrClN2O/c1-20(10-12-4-2-3-11(7-12)9-19)16(21)14-8-13(18)5-6-15(14)17/h2-8H,10H2,1H3. The summed E-state index contributed by atoms with van der Waals surface area (Å²) >= 11 is 9.30. The fourth-order valence-corrected chi connectivity index (χ4v) is 2.54. The molecule has 0 fully saturated rings. The maximum absolute atomic E-state index is 12.4. The molecule has 0 aliphatic heterocycles. The second-order valence-electron chi connectivity index (χ2n) is 4.60. The van der Waals surface area contributed by atoms with Crippen molar-refractivity contribution in [3.8, 4) is 6.07 Å². The molecule has 0 saturated carbocycles. The zero-order chi connectivity index (χ0) is 15.4. The zero-order valence-electron chi connectivity index (χ0n) is 11.3. The summed E-state index contributed by atoms with van der Waals surface area (Å²) in [5.74, 6) is -0.133. The lowest BCUT2D eigenvalue weighted by atomic mass is 10.1.